The lowest BCUT2D eigenvalue weighted by atomic mass is 10.1. The van der Waals surface area contributed by atoms with E-state index in [4.69, 9.17) is 11.6 Å². The molecule has 3 nitrogen and oxygen atoms in total. The van der Waals surface area contributed by atoms with Crippen molar-refractivity contribution >= 4 is 28.9 Å². The Hall–Kier alpha value is -2.00. The molecule has 0 radical (unpaired) electrons. The van der Waals surface area contributed by atoms with Gasteiger partial charge in [0.1, 0.15) is 0 Å². The minimum Gasteiger partial charge on any atom is -0.372 e. The van der Waals surface area contributed by atoms with Gasteiger partial charge in [-0.05, 0) is 68.1 Å². The number of amides is 1. The molecule has 2 aromatic carbocycles. The van der Waals surface area contributed by atoms with Crippen molar-refractivity contribution in [3.63, 3.8) is 0 Å². The molecular weight excluding hydrogens is 308 g/mol. The molecule has 0 aromatic heterocycles. The molecule has 1 heterocycles. The van der Waals surface area contributed by atoms with Crippen LogP contribution >= 0.6 is 11.6 Å². The lowest BCUT2D eigenvalue weighted by molar-refractivity contribution is 0.102. The first kappa shape index (κ1) is 15.9. The summed E-state index contributed by atoms with van der Waals surface area (Å²) in [5.74, 6) is -0.111. The number of hydrogen-bond acceptors (Lipinski definition) is 2. The molecule has 1 aliphatic rings. The minimum absolute atomic E-state index is 0.111. The third-order valence-corrected chi connectivity index (χ3v) is 4.53. The summed E-state index contributed by atoms with van der Waals surface area (Å²) in [6.07, 6.45) is 3.81. The Bertz CT molecular complexity index is 691. The van der Waals surface area contributed by atoms with Crippen LogP contribution in [0.3, 0.4) is 0 Å². The van der Waals surface area contributed by atoms with Crippen molar-refractivity contribution in [2.75, 3.05) is 23.3 Å². The molecule has 1 amide bonds. The molecule has 0 bridgehead atoms. The summed E-state index contributed by atoms with van der Waals surface area (Å²) < 4.78 is 0. The third-order valence-electron chi connectivity index (χ3n) is 4.30. The highest BCUT2D eigenvalue weighted by Crippen LogP contribution is 2.23. The Labute approximate surface area is 142 Å². The summed E-state index contributed by atoms with van der Waals surface area (Å²) >= 11 is 6.00. The van der Waals surface area contributed by atoms with Gasteiger partial charge in [0.15, 0.2) is 0 Å². The Balaban J connectivity index is 1.71. The van der Waals surface area contributed by atoms with Crippen molar-refractivity contribution in [2.45, 2.75) is 26.2 Å². The van der Waals surface area contributed by atoms with E-state index in [9.17, 15) is 4.79 Å². The van der Waals surface area contributed by atoms with Gasteiger partial charge in [-0.2, -0.15) is 0 Å². The average Bonchev–Trinajstić information content (AvgIpc) is 2.59. The number of hydrogen-bond donors (Lipinski definition) is 1. The molecule has 1 aliphatic heterocycles. The van der Waals surface area contributed by atoms with Crippen LogP contribution in [0.15, 0.2) is 42.5 Å². The van der Waals surface area contributed by atoms with Crippen LogP contribution in [0.2, 0.25) is 5.02 Å². The van der Waals surface area contributed by atoms with Crippen molar-refractivity contribution in [2.24, 2.45) is 0 Å². The second kappa shape index (κ2) is 7.05. The van der Waals surface area contributed by atoms with Crippen molar-refractivity contribution in [3.8, 4) is 0 Å². The highest BCUT2D eigenvalue weighted by molar-refractivity contribution is 6.31. The van der Waals surface area contributed by atoms with E-state index in [1.54, 1.807) is 6.07 Å². The Morgan fingerprint density at radius 1 is 1.04 bits per heavy atom. The van der Waals surface area contributed by atoms with E-state index in [0.29, 0.717) is 10.6 Å². The van der Waals surface area contributed by atoms with Gasteiger partial charge in [0.2, 0.25) is 0 Å². The van der Waals surface area contributed by atoms with Crippen LogP contribution in [0, 0.1) is 6.92 Å². The number of rotatable bonds is 3. The quantitative estimate of drug-likeness (QED) is 0.870. The van der Waals surface area contributed by atoms with Gasteiger partial charge in [-0.25, -0.2) is 0 Å². The first-order valence-corrected chi connectivity index (χ1v) is 8.44. The third kappa shape index (κ3) is 3.85. The predicted octanol–water partition coefficient (Wildman–Crippen LogP) is 4.89. The van der Waals surface area contributed by atoms with E-state index in [1.165, 1.54) is 24.9 Å². The second-order valence-corrected chi connectivity index (χ2v) is 6.44. The molecule has 0 atom stereocenters. The van der Waals surface area contributed by atoms with E-state index < -0.39 is 0 Å². The largest absolute Gasteiger partial charge is 0.372 e. The molecular formula is C19H21ClN2O. The number of nitrogens with zero attached hydrogens (tertiary/aromatic N) is 1. The van der Waals surface area contributed by atoms with E-state index in [1.807, 2.05) is 43.3 Å². The Morgan fingerprint density at radius 2 is 1.74 bits per heavy atom. The van der Waals surface area contributed by atoms with Crippen LogP contribution in [0.4, 0.5) is 11.4 Å². The smallest absolute Gasteiger partial charge is 0.255 e. The maximum absolute atomic E-state index is 12.4. The van der Waals surface area contributed by atoms with E-state index in [0.717, 1.165) is 24.3 Å². The SMILES string of the molecule is Cc1ccc(Cl)cc1NC(=O)c1ccc(N2CCCCC2)cc1. The molecule has 4 heteroatoms. The molecule has 0 aliphatic carbocycles. The van der Waals surface area contributed by atoms with Crippen molar-refractivity contribution in [3.05, 3.63) is 58.6 Å². The van der Waals surface area contributed by atoms with Crippen LogP contribution in [-0.4, -0.2) is 19.0 Å². The highest BCUT2D eigenvalue weighted by Gasteiger charge is 2.12. The monoisotopic (exact) mass is 328 g/mol. The van der Waals surface area contributed by atoms with Gasteiger partial charge in [0.25, 0.3) is 5.91 Å². The van der Waals surface area contributed by atoms with Crippen molar-refractivity contribution < 1.29 is 4.79 Å². The molecule has 0 saturated carbocycles. The maximum Gasteiger partial charge on any atom is 0.255 e. The van der Waals surface area contributed by atoms with Gasteiger partial charge in [0.05, 0.1) is 0 Å². The van der Waals surface area contributed by atoms with Crippen molar-refractivity contribution in [1.29, 1.82) is 0 Å². The standard InChI is InChI=1S/C19H21ClN2O/c1-14-5-8-16(20)13-18(14)21-19(23)15-6-9-17(10-7-15)22-11-3-2-4-12-22/h5-10,13H,2-4,11-12H2,1H3,(H,21,23). The fraction of sp³-hybridized carbons (Fsp3) is 0.316. The van der Waals surface area contributed by atoms with Gasteiger partial charge in [-0.3, -0.25) is 4.79 Å². The number of halogens is 1. The summed E-state index contributed by atoms with van der Waals surface area (Å²) in [5.41, 5.74) is 3.60. The topological polar surface area (TPSA) is 32.3 Å². The van der Waals surface area contributed by atoms with E-state index in [2.05, 4.69) is 10.2 Å². The summed E-state index contributed by atoms with van der Waals surface area (Å²) in [6.45, 7) is 4.16. The van der Waals surface area contributed by atoms with Crippen LogP contribution in [0.5, 0.6) is 0 Å². The molecule has 3 rings (SSSR count). The Kier molecular flexibility index (Phi) is 4.87. The first-order chi connectivity index (χ1) is 11.1. The van der Waals surface area contributed by atoms with Crippen molar-refractivity contribution in [1.82, 2.24) is 0 Å². The summed E-state index contributed by atoms with van der Waals surface area (Å²) in [6, 6.07) is 13.3. The fourth-order valence-corrected chi connectivity index (χ4v) is 3.07. The molecule has 23 heavy (non-hydrogen) atoms. The van der Waals surface area contributed by atoms with Crippen LogP contribution in [0.25, 0.3) is 0 Å². The van der Waals surface area contributed by atoms with Gasteiger partial charge < -0.3 is 10.2 Å². The Morgan fingerprint density at radius 3 is 2.43 bits per heavy atom. The zero-order chi connectivity index (χ0) is 16.2. The normalized spacial score (nSPS) is 14.6. The predicted molar refractivity (Wildman–Crippen MR) is 96.6 cm³/mol. The zero-order valence-electron chi connectivity index (χ0n) is 13.3. The molecule has 1 N–H and O–H groups in total. The molecule has 1 fully saturated rings. The molecule has 2 aromatic rings. The summed E-state index contributed by atoms with van der Waals surface area (Å²) in [5, 5.41) is 3.55. The number of carbonyl (C=O) groups excluding carboxylic acids is 1. The van der Waals surface area contributed by atoms with Gasteiger partial charge in [-0.1, -0.05) is 17.7 Å². The number of carbonyl (C=O) groups is 1. The van der Waals surface area contributed by atoms with Crippen LogP contribution < -0.4 is 10.2 Å². The summed E-state index contributed by atoms with van der Waals surface area (Å²) in [4.78, 5) is 14.8. The average molecular weight is 329 g/mol. The lowest BCUT2D eigenvalue weighted by Crippen LogP contribution is -2.29. The number of aryl methyl sites for hydroxylation is 1. The lowest BCUT2D eigenvalue weighted by Gasteiger charge is -2.28. The number of nitrogens with one attached hydrogen (secondary N) is 1. The zero-order valence-corrected chi connectivity index (χ0v) is 14.1. The van der Waals surface area contributed by atoms with E-state index >= 15 is 0 Å². The number of benzene rings is 2. The van der Waals surface area contributed by atoms with Gasteiger partial charge in [-0.15, -0.1) is 0 Å². The van der Waals surface area contributed by atoms with Gasteiger partial charge in [0, 0.05) is 35.1 Å². The number of piperidine rings is 1. The molecule has 0 unspecified atom stereocenters. The summed E-state index contributed by atoms with van der Waals surface area (Å²) in [7, 11) is 0. The molecule has 1 saturated heterocycles. The van der Waals surface area contributed by atoms with Crippen LogP contribution in [-0.2, 0) is 0 Å². The first-order valence-electron chi connectivity index (χ1n) is 8.06. The number of anilines is 2. The maximum atomic E-state index is 12.4. The highest BCUT2D eigenvalue weighted by atomic mass is 35.5. The van der Waals surface area contributed by atoms with Crippen LogP contribution in [0.1, 0.15) is 35.2 Å². The van der Waals surface area contributed by atoms with Gasteiger partial charge >= 0.3 is 0 Å². The molecule has 0 spiro atoms. The minimum atomic E-state index is -0.111. The fourth-order valence-electron chi connectivity index (χ4n) is 2.90. The molecule has 120 valence electrons. The second-order valence-electron chi connectivity index (χ2n) is 6.01. The van der Waals surface area contributed by atoms with E-state index in [-0.39, 0.29) is 5.91 Å².